The van der Waals surface area contributed by atoms with E-state index >= 15 is 0 Å². The van der Waals surface area contributed by atoms with Crippen LogP contribution in [-0.4, -0.2) is 58.3 Å². The van der Waals surface area contributed by atoms with E-state index in [0.29, 0.717) is 24.6 Å². The standard InChI is InChI=1S/C22H29F3N2O4S/c1-3-27(15-16-28)14-4-5-17-31-20-10-8-19(9-11-20)26(2)32(29,30)21-12-6-18(7-13-21)22(23,24)25/h6-13,28H,3-5,14-17H2,1-2H3. The number of unbranched alkanes of at least 4 members (excludes halogenated alkanes) is 1. The number of anilines is 1. The summed E-state index contributed by atoms with van der Waals surface area (Å²) < 4.78 is 70.3. The molecule has 10 heteroatoms. The molecule has 0 saturated carbocycles. The van der Waals surface area contributed by atoms with Crippen molar-refractivity contribution in [3.8, 4) is 5.75 Å². The van der Waals surface area contributed by atoms with Gasteiger partial charge in [-0.25, -0.2) is 8.42 Å². The van der Waals surface area contributed by atoms with Crippen LogP contribution in [0.15, 0.2) is 53.4 Å². The highest BCUT2D eigenvalue weighted by atomic mass is 32.2. The van der Waals surface area contributed by atoms with E-state index in [1.54, 1.807) is 24.3 Å². The zero-order valence-electron chi connectivity index (χ0n) is 18.2. The van der Waals surface area contributed by atoms with Gasteiger partial charge in [0.1, 0.15) is 5.75 Å². The molecule has 0 aliphatic heterocycles. The maximum atomic E-state index is 12.7. The van der Waals surface area contributed by atoms with Crippen LogP contribution in [0.25, 0.3) is 0 Å². The summed E-state index contributed by atoms with van der Waals surface area (Å²) >= 11 is 0. The monoisotopic (exact) mass is 474 g/mol. The number of aliphatic hydroxyl groups is 1. The summed E-state index contributed by atoms with van der Waals surface area (Å²) in [7, 11) is -2.66. The average Bonchev–Trinajstić information content (AvgIpc) is 2.77. The number of hydrogen-bond acceptors (Lipinski definition) is 5. The SMILES string of the molecule is CCN(CCO)CCCCOc1ccc(N(C)S(=O)(=O)c2ccc(C(F)(F)F)cc2)cc1. The second kappa shape index (κ2) is 11.5. The highest BCUT2D eigenvalue weighted by Crippen LogP contribution is 2.31. The van der Waals surface area contributed by atoms with Gasteiger partial charge in [0.15, 0.2) is 0 Å². The lowest BCUT2D eigenvalue weighted by Gasteiger charge is -2.20. The number of sulfonamides is 1. The van der Waals surface area contributed by atoms with Crippen molar-refractivity contribution in [1.29, 1.82) is 0 Å². The fourth-order valence-electron chi connectivity index (χ4n) is 3.06. The molecule has 2 aromatic rings. The Hall–Kier alpha value is -2.30. The number of benzene rings is 2. The highest BCUT2D eigenvalue weighted by Gasteiger charge is 2.31. The van der Waals surface area contributed by atoms with Crippen LogP contribution < -0.4 is 9.04 Å². The lowest BCUT2D eigenvalue weighted by Crippen LogP contribution is -2.27. The molecule has 0 amide bonds. The maximum Gasteiger partial charge on any atom is 0.416 e. The lowest BCUT2D eigenvalue weighted by molar-refractivity contribution is -0.137. The molecule has 0 bridgehead atoms. The van der Waals surface area contributed by atoms with Crippen LogP contribution in [0.5, 0.6) is 5.75 Å². The zero-order chi connectivity index (χ0) is 23.8. The van der Waals surface area contributed by atoms with Crippen molar-refractivity contribution in [2.45, 2.75) is 30.8 Å². The Morgan fingerprint density at radius 3 is 2.12 bits per heavy atom. The van der Waals surface area contributed by atoms with E-state index in [1.165, 1.54) is 7.05 Å². The van der Waals surface area contributed by atoms with Crippen molar-refractivity contribution >= 4 is 15.7 Å². The molecule has 1 N–H and O–H groups in total. The van der Waals surface area contributed by atoms with Crippen molar-refractivity contribution in [2.75, 3.05) is 44.2 Å². The van der Waals surface area contributed by atoms with Crippen LogP contribution in [-0.2, 0) is 16.2 Å². The summed E-state index contributed by atoms with van der Waals surface area (Å²) in [6.45, 7) is 5.11. The maximum absolute atomic E-state index is 12.7. The first kappa shape index (κ1) is 26.0. The number of hydrogen-bond donors (Lipinski definition) is 1. The van der Waals surface area contributed by atoms with Crippen molar-refractivity contribution in [3.63, 3.8) is 0 Å². The molecule has 0 aliphatic rings. The number of likely N-dealkylation sites (N-methyl/N-ethyl adjacent to an activating group) is 1. The second-order valence-electron chi connectivity index (χ2n) is 7.20. The summed E-state index contributed by atoms with van der Waals surface area (Å²) in [5.41, 5.74) is -0.545. The van der Waals surface area contributed by atoms with Gasteiger partial charge < -0.3 is 14.7 Å². The van der Waals surface area contributed by atoms with Crippen LogP contribution in [0, 0.1) is 0 Å². The molecule has 0 unspecified atom stereocenters. The molecule has 2 rings (SSSR count). The van der Waals surface area contributed by atoms with E-state index in [-0.39, 0.29) is 11.5 Å². The van der Waals surface area contributed by atoms with Gasteiger partial charge in [0.25, 0.3) is 10.0 Å². The normalized spacial score (nSPS) is 12.2. The van der Waals surface area contributed by atoms with Crippen molar-refractivity contribution in [3.05, 3.63) is 54.1 Å². The molecule has 2 aromatic carbocycles. The topological polar surface area (TPSA) is 70.1 Å². The molecular weight excluding hydrogens is 445 g/mol. The zero-order valence-corrected chi connectivity index (χ0v) is 19.0. The minimum Gasteiger partial charge on any atom is -0.494 e. The molecule has 0 heterocycles. The summed E-state index contributed by atoms with van der Waals surface area (Å²) in [4.78, 5) is 1.93. The number of halogens is 3. The van der Waals surface area contributed by atoms with Gasteiger partial charge in [-0.3, -0.25) is 4.31 Å². The van der Waals surface area contributed by atoms with E-state index in [2.05, 4.69) is 4.90 Å². The predicted octanol–water partition coefficient (Wildman–Crippen LogP) is 4.00. The Morgan fingerprint density at radius 1 is 0.969 bits per heavy atom. The van der Waals surface area contributed by atoms with Crippen LogP contribution in [0.4, 0.5) is 18.9 Å². The fourth-order valence-corrected chi connectivity index (χ4v) is 4.26. The molecule has 0 radical (unpaired) electrons. The minimum absolute atomic E-state index is 0.139. The molecule has 6 nitrogen and oxygen atoms in total. The number of nitrogens with zero attached hydrogens (tertiary/aromatic N) is 2. The van der Waals surface area contributed by atoms with Crippen LogP contribution in [0.3, 0.4) is 0 Å². The average molecular weight is 475 g/mol. The third-order valence-corrected chi connectivity index (χ3v) is 6.84. The Bertz CT molecular complexity index is 933. The molecule has 0 saturated heterocycles. The fraction of sp³-hybridized carbons (Fsp3) is 0.455. The molecular formula is C22H29F3N2O4S. The van der Waals surface area contributed by atoms with Crippen LogP contribution in [0.1, 0.15) is 25.3 Å². The summed E-state index contributed by atoms with van der Waals surface area (Å²) in [6, 6.07) is 9.87. The van der Waals surface area contributed by atoms with Crippen molar-refractivity contribution in [2.24, 2.45) is 0 Å². The van der Waals surface area contributed by atoms with E-state index in [9.17, 15) is 21.6 Å². The quantitative estimate of drug-likeness (QED) is 0.471. The van der Waals surface area contributed by atoms with E-state index in [1.807, 2.05) is 6.92 Å². The first-order valence-electron chi connectivity index (χ1n) is 10.3. The molecule has 0 aromatic heterocycles. The first-order chi connectivity index (χ1) is 15.1. The Morgan fingerprint density at radius 2 is 1.59 bits per heavy atom. The van der Waals surface area contributed by atoms with Crippen LogP contribution in [0.2, 0.25) is 0 Å². The number of rotatable bonds is 12. The van der Waals surface area contributed by atoms with Crippen molar-refractivity contribution < 1.29 is 31.4 Å². The largest absolute Gasteiger partial charge is 0.494 e. The molecule has 0 aliphatic carbocycles. The highest BCUT2D eigenvalue weighted by molar-refractivity contribution is 7.92. The van der Waals surface area contributed by atoms with Gasteiger partial charge in [0.2, 0.25) is 0 Å². The lowest BCUT2D eigenvalue weighted by atomic mass is 10.2. The Kier molecular flexibility index (Phi) is 9.35. The molecule has 178 valence electrons. The third-order valence-electron chi connectivity index (χ3n) is 5.04. The van der Waals surface area contributed by atoms with Crippen LogP contribution >= 0.6 is 0 Å². The van der Waals surface area contributed by atoms with E-state index in [0.717, 1.165) is 54.5 Å². The predicted molar refractivity (Wildman–Crippen MR) is 117 cm³/mol. The molecule has 0 spiro atoms. The molecule has 32 heavy (non-hydrogen) atoms. The van der Waals surface area contributed by atoms with Gasteiger partial charge in [0.05, 0.1) is 29.4 Å². The van der Waals surface area contributed by atoms with E-state index < -0.39 is 21.8 Å². The van der Waals surface area contributed by atoms with Gasteiger partial charge in [-0.2, -0.15) is 13.2 Å². The summed E-state index contributed by atoms with van der Waals surface area (Å²) in [5, 5.41) is 8.99. The Balaban J connectivity index is 1.92. The minimum atomic E-state index is -4.53. The van der Waals surface area contributed by atoms with Gasteiger partial charge in [-0.05, 0) is 74.5 Å². The van der Waals surface area contributed by atoms with Gasteiger partial charge in [0, 0.05) is 13.6 Å². The third kappa shape index (κ3) is 7.11. The number of ether oxygens (including phenoxy) is 1. The molecule has 0 fully saturated rings. The smallest absolute Gasteiger partial charge is 0.416 e. The van der Waals surface area contributed by atoms with Gasteiger partial charge in [-0.1, -0.05) is 6.92 Å². The van der Waals surface area contributed by atoms with Crippen molar-refractivity contribution in [1.82, 2.24) is 4.90 Å². The first-order valence-corrected chi connectivity index (χ1v) is 11.8. The second-order valence-corrected chi connectivity index (χ2v) is 9.17. The van der Waals surface area contributed by atoms with E-state index in [4.69, 9.17) is 9.84 Å². The number of alkyl halides is 3. The van der Waals surface area contributed by atoms with Gasteiger partial charge in [-0.15, -0.1) is 0 Å². The molecule has 0 atom stereocenters. The summed E-state index contributed by atoms with van der Waals surface area (Å²) in [5.74, 6) is 0.594. The van der Waals surface area contributed by atoms with Gasteiger partial charge >= 0.3 is 6.18 Å². The summed E-state index contributed by atoms with van der Waals surface area (Å²) in [6.07, 6.45) is -2.76. The number of aliphatic hydroxyl groups excluding tert-OH is 1. The Labute approximate surface area is 187 Å².